The van der Waals surface area contributed by atoms with Crippen molar-refractivity contribution in [2.75, 3.05) is 26.7 Å². The summed E-state index contributed by atoms with van der Waals surface area (Å²) in [4.78, 5) is 13.0. The molecule has 0 bridgehead atoms. The number of nitrogens with zero attached hydrogens (tertiary/aromatic N) is 1. The predicted octanol–water partition coefficient (Wildman–Crippen LogP) is 1.81. The van der Waals surface area contributed by atoms with Crippen LogP contribution in [0.15, 0.2) is 54.6 Å². The second-order valence-corrected chi connectivity index (χ2v) is 7.08. The van der Waals surface area contributed by atoms with E-state index >= 15 is 0 Å². The largest absolute Gasteiger partial charge is 1.00 e. The number of quaternary nitrogens is 1. The molecule has 0 amide bonds. The molecule has 2 aromatic rings. The Morgan fingerprint density at radius 2 is 1.44 bits per heavy atom. The lowest BCUT2D eigenvalue weighted by Crippen LogP contribution is -3.00. The summed E-state index contributed by atoms with van der Waals surface area (Å²) in [5.74, 6) is -0.0193. The van der Waals surface area contributed by atoms with Crippen molar-refractivity contribution in [3.05, 3.63) is 71.3 Å². The van der Waals surface area contributed by atoms with E-state index in [0.717, 1.165) is 36.2 Å². The summed E-state index contributed by atoms with van der Waals surface area (Å²) in [7, 11) is 1.60. The van der Waals surface area contributed by atoms with Crippen LogP contribution in [-0.4, -0.2) is 37.0 Å². The molecule has 2 aromatic carbocycles. The summed E-state index contributed by atoms with van der Waals surface area (Å²) in [6, 6.07) is 17.7. The minimum atomic E-state index is -0.980. The Labute approximate surface area is 174 Å². The van der Waals surface area contributed by atoms with Crippen LogP contribution < -0.4 is 17.0 Å². The zero-order chi connectivity index (χ0) is 19.2. The number of rotatable bonds is 9. The molecule has 0 aliphatic rings. The third-order valence-electron chi connectivity index (χ3n) is 5.91. The van der Waals surface area contributed by atoms with Crippen LogP contribution in [0.25, 0.3) is 0 Å². The Kier molecular flexibility index (Phi) is 8.86. The second kappa shape index (κ2) is 10.2. The van der Waals surface area contributed by atoms with Gasteiger partial charge in [0.2, 0.25) is 0 Å². The number of methoxy groups -OCH3 is 1. The predicted molar refractivity (Wildman–Crippen MR) is 107 cm³/mol. The topological polar surface area (TPSA) is 26.3 Å². The van der Waals surface area contributed by atoms with Crippen molar-refractivity contribution in [1.82, 2.24) is 0 Å². The summed E-state index contributed by atoms with van der Waals surface area (Å²) in [5, 5.41) is 0. The van der Waals surface area contributed by atoms with Gasteiger partial charge >= 0.3 is 0 Å². The van der Waals surface area contributed by atoms with Crippen LogP contribution in [0.4, 0.5) is 0 Å². The lowest BCUT2D eigenvalue weighted by Gasteiger charge is -2.36. The first-order chi connectivity index (χ1) is 12.4. The number of ether oxygens (including phenoxy) is 1. The third-order valence-corrected chi connectivity index (χ3v) is 5.91. The Bertz CT molecular complexity index is 703. The molecule has 0 heterocycles. The highest BCUT2D eigenvalue weighted by atomic mass is 79.9. The number of carbonyl (C=O) groups excluding carboxylic acids is 1. The van der Waals surface area contributed by atoms with Gasteiger partial charge in [-0.3, -0.25) is 4.79 Å². The Morgan fingerprint density at radius 3 is 1.89 bits per heavy atom. The van der Waals surface area contributed by atoms with E-state index in [4.69, 9.17) is 4.74 Å². The minimum Gasteiger partial charge on any atom is -1.00 e. The summed E-state index contributed by atoms with van der Waals surface area (Å²) in [6.45, 7) is 13.0. The van der Waals surface area contributed by atoms with Crippen molar-refractivity contribution in [1.29, 1.82) is 0 Å². The number of carbonyl (C=O) groups is 1. The van der Waals surface area contributed by atoms with Gasteiger partial charge in [-0.15, -0.1) is 0 Å². The fourth-order valence-corrected chi connectivity index (χ4v) is 3.53. The van der Waals surface area contributed by atoms with Gasteiger partial charge in [0, 0.05) is 18.2 Å². The van der Waals surface area contributed by atoms with Crippen LogP contribution in [0.5, 0.6) is 0 Å². The van der Waals surface area contributed by atoms with Crippen LogP contribution in [-0.2, 0) is 16.9 Å². The van der Waals surface area contributed by atoms with E-state index in [9.17, 15) is 4.79 Å². The molecule has 27 heavy (non-hydrogen) atoms. The Balaban J connectivity index is 0.00000364. The number of hydrogen-bond donors (Lipinski definition) is 0. The van der Waals surface area contributed by atoms with Gasteiger partial charge in [-0.2, -0.15) is 0 Å². The monoisotopic (exact) mass is 433 g/mol. The number of benzene rings is 2. The van der Waals surface area contributed by atoms with Gasteiger partial charge in [-0.1, -0.05) is 54.6 Å². The van der Waals surface area contributed by atoms with Crippen molar-refractivity contribution in [2.24, 2.45) is 0 Å². The molecule has 3 nitrogen and oxygen atoms in total. The summed E-state index contributed by atoms with van der Waals surface area (Å²) in [6.07, 6.45) is 0. The average Bonchev–Trinajstić information content (AvgIpc) is 2.72. The molecule has 0 N–H and O–H groups in total. The highest BCUT2D eigenvalue weighted by Crippen LogP contribution is 2.30. The standard InChI is InChI=1S/C23H32NO2.BrH/c1-6-24(7-2,8-3)18-19-14-16-21(17-15-19)23(4,26-5)22(25)20-12-10-9-11-13-20;/h9-17H,6-8,18H2,1-5H3;1H/q+1;/p-1. The number of halogens is 1. The second-order valence-electron chi connectivity index (χ2n) is 7.08. The smallest absolute Gasteiger partial charge is 0.198 e. The normalized spacial score (nSPS) is 13.5. The maximum Gasteiger partial charge on any atom is 0.198 e. The van der Waals surface area contributed by atoms with Crippen molar-refractivity contribution < 1.29 is 31.0 Å². The molecule has 0 aromatic heterocycles. The van der Waals surface area contributed by atoms with E-state index in [-0.39, 0.29) is 22.8 Å². The molecule has 0 fully saturated rings. The minimum absolute atomic E-state index is 0. The van der Waals surface area contributed by atoms with Crippen LogP contribution in [0.1, 0.15) is 49.2 Å². The van der Waals surface area contributed by atoms with Gasteiger partial charge in [-0.25, -0.2) is 0 Å². The van der Waals surface area contributed by atoms with E-state index in [0.29, 0.717) is 5.56 Å². The van der Waals surface area contributed by atoms with E-state index in [2.05, 4.69) is 32.9 Å². The average molecular weight is 434 g/mol. The highest BCUT2D eigenvalue weighted by Gasteiger charge is 2.36. The van der Waals surface area contributed by atoms with E-state index in [1.165, 1.54) is 5.56 Å². The van der Waals surface area contributed by atoms with Gasteiger partial charge in [0.15, 0.2) is 11.4 Å². The van der Waals surface area contributed by atoms with Crippen molar-refractivity contribution in [3.8, 4) is 0 Å². The fourth-order valence-electron chi connectivity index (χ4n) is 3.53. The van der Waals surface area contributed by atoms with Crippen LogP contribution in [0.2, 0.25) is 0 Å². The molecule has 1 atom stereocenters. The van der Waals surface area contributed by atoms with E-state index in [1.807, 2.05) is 49.4 Å². The van der Waals surface area contributed by atoms with Crippen molar-refractivity contribution >= 4 is 5.78 Å². The van der Waals surface area contributed by atoms with Crippen molar-refractivity contribution in [2.45, 2.75) is 39.8 Å². The van der Waals surface area contributed by atoms with Gasteiger partial charge in [0.05, 0.1) is 19.6 Å². The maximum absolute atomic E-state index is 13.0. The first kappa shape index (κ1) is 23.5. The molecular formula is C23H32BrNO2. The summed E-state index contributed by atoms with van der Waals surface area (Å²) >= 11 is 0. The maximum atomic E-state index is 13.0. The molecule has 2 rings (SSSR count). The van der Waals surface area contributed by atoms with E-state index in [1.54, 1.807) is 7.11 Å². The summed E-state index contributed by atoms with van der Waals surface area (Å²) < 4.78 is 6.76. The number of ketones is 1. The van der Waals surface area contributed by atoms with Crippen LogP contribution in [0, 0.1) is 0 Å². The number of Topliss-reactive ketones (excluding diaryl/α,β-unsaturated/α-hetero) is 1. The molecule has 148 valence electrons. The van der Waals surface area contributed by atoms with Crippen LogP contribution >= 0.6 is 0 Å². The van der Waals surface area contributed by atoms with Crippen molar-refractivity contribution in [3.63, 3.8) is 0 Å². The van der Waals surface area contributed by atoms with Crippen LogP contribution in [0.3, 0.4) is 0 Å². The third kappa shape index (κ3) is 5.07. The molecule has 0 saturated heterocycles. The molecular weight excluding hydrogens is 402 g/mol. The quantitative estimate of drug-likeness (QED) is 0.445. The Hall–Kier alpha value is -1.49. The zero-order valence-electron chi connectivity index (χ0n) is 17.2. The first-order valence-electron chi connectivity index (χ1n) is 9.54. The fraction of sp³-hybridized carbons (Fsp3) is 0.435. The molecule has 0 aliphatic heterocycles. The molecule has 0 radical (unpaired) electrons. The Morgan fingerprint density at radius 1 is 0.926 bits per heavy atom. The molecule has 0 spiro atoms. The van der Waals surface area contributed by atoms with Gasteiger partial charge in [-0.05, 0) is 33.3 Å². The van der Waals surface area contributed by atoms with Gasteiger partial charge < -0.3 is 26.2 Å². The highest BCUT2D eigenvalue weighted by molar-refractivity contribution is 6.02. The zero-order valence-corrected chi connectivity index (χ0v) is 18.8. The van der Waals surface area contributed by atoms with Gasteiger partial charge in [0.1, 0.15) is 6.54 Å². The lowest BCUT2D eigenvalue weighted by atomic mass is 9.87. The SMILES string of the molecule is CC[N+](CC)(CC)Cc1ccc(C(C)(OC)C(=O)c2ccccc2)cc1.[Br-]. The number of hydrogen-bond acceptors (Lipinski definition) is 2. The molecule has 0 aliphatic carbocycles. The molecule has 4 heteroatoms. The van der Waals surface area contributed by atoms with E-state index < -0.39 is 5.60 Å². The lowest BCUT2D eigenvalue weighted by molar-refractivity contribution is -0.936. The first-order valence-corrected chi connectivity index (χ1v) is 9.54. The molecule has 0 saturated carbocycles. The van der Waals surface area contributed by atoms with Gasteiger partial charge in [0.25, 0.3) is 0 Å². The molecule has 1 unspecified atom stereocenters. The summed E-state index contributed by atoms with van der Waals surface area (Å²) in [5.41, 5.74) is 1.87.